The molecule has 0 spiro atoms. The van der Waals surface area contributed by atoms with Crippen LogP contribution in [0.3, 0.4) is 0 Å². The van der Waals surface area contributed by atoms with Crippen LogP contribution < -0.4 is 5.32 Å². The highest BCUT2D eigenvalue weighted by atomic mass is 32.2. The summed E-state index contributed by atoms with van der Waals surface area (Å²) in [5.41, 5.74) is 0. The van der Waals surface area contributed by atoms with Gasteiger partial charge in [-0.25, -0.2) is 8.42 Å². The minimum atomic E-state index is -2.96. The van der Waals surface area contributed by atoms with Crippen LogP contribution in [-0.2, 0) is 9.84 Å². The third-order valence-corrected chi connectivity index (χ3v) is 4.22. The van der Waals surface area contributed by atoms with Crippen molar-refractivity contribution < 1.29 is 13.5 Å². The van der Waals surface area contributed by atoms with E-state index in [1.165, 1.54) is 0 Å². The maximum Gasteiger partial charge on any atom is 0.151 e. The van der Waals surface area contributed by atoms with E-state index in [1.807, 2.05) is 0 Å². The summed E-state index contributed by atoms with van der Waals surface area (Å²) in [7, 11) is -1.24. The minimum absolute atomic E-state index is 0.0238. The molecule has 15 heavy (non-hydrogen) atoms. The zero-order valence-electron chi connectivity index (χ0n) is 9.70. The molecule has 0 aliphatic carbocycles. The molecule has 0 heterocycles. The first-order chi connectivity index (χ1) is 7.05. The Morgan fingerprint density at radius 1 is 1.33 bits per heavy atom. The van der Waals surface area contributed by atoms with Crippen LogP contribution in [0.25, 0.3) is 0 Å². The van der Waals surface area contributed by atoms with Crippen LogP contribution in [0.5, 0.6) is 0 Å². The van der Waals surface area contributed by atoms with Gasteiger partial charge < -0.3 is 10.4 Å². The number of unbranched alkanes of at least 4 members (excludes halogenated alkanes) is 2. The lowest BCUT2D eigenvalue weighted by molar-refractivity contribution is 0.272. The first-order valence-electron chi connectivity index (χ1n) is 5.54. The van der Waals surface area contributed by atoms with Crippen molar-refractivity contribution in [3.63, 3.8) is 0 Å². The number of nitrogens with one attached hydrogen (secondary N) is 1. The van der Waals surface area contributed by atoms with Crippen LogP contribution in [0.15, 0.2) is 0 Å². The number of aliphatic hydroxyl groups is 1. The average Bonchev–Trinajstić information content (AvgIpc) is 2.17. The van der Waals surface area contributed by atoms with E-state index in [-0.39, 0.29) is 24.2 Å². The Morgan fingerprint density at radius 3 is 2.47 bits per heavy atom. The van der Waals surface area contributed by atoms with Crippen molar-refractivity contribution in [2.75, 3.05) is 25.2 Å². The van der Waals surface area contributed by atoms with Gasteiger partial charge in [0.1, 0.15) is 0 Å². The Labute approximate surface area is 93.0 Å². The maximum absolute atomic E-state index is 11.6. The van der Waals surface area contributed by atoms with E-state index in [4.69, 9.17) is 5.11 Å². The molecule has 0 radical (unpaired) electrons. The van der Waals surface area contributed by atoms with E-state index in [9.17, 15) is 8.42 Å². The SMILES string of the molecule is CCCCCS(=O)(=O)CC(CCO)NC. The number of rotatable bonds is 9. The molecule has 0 rings (SSSR count). The molecule has 5 heteroatoms. The van der Waals surface area contributed by atoms with Gasteiger partial charge in [-0.15, -0.1) is 0 Å². The normalized spacial score (nSPS) is 14.1. The lowest BCUT2D eigenvalue weighted by Gasteiger charge is -2.14. The second-order valence-electron chi connectivity index (χ2n) is 3.82. The molecule has 0 aromatic heterocycles. The number of hydrogen-bond acceptors (Lipinski definition) is 4. The summed E-state index contributed by atoms with van der Waals surface area (Å²) in [5, 5.41) is 11.7. The van der Waals surface area contributed by atoms with Crippen molar-refractivity contribution in [2.24, 2.45) is 0 Å². The molecule has 92 valence electrons. The molecule has 2 N–H and O–H groups in total. The topological polar surface area (TPSA) is 66.4 Å². The highest BCUT2D eigenvalue weighted by molar-refractivity contribution is 7.91. The van der Waals surface area contributed by atoms with Crippen LogP contribution in [0.1, 0.15) is 32.6 Å². The van der Waals surface area contributed by atoms with Gasteiger partial charge in [-0.1, -0.05) is 19.8 Å². The summed E-state index contributed by atoms with van der Waals surface area (Å²) in [6.07, 6.45) is 3.23. The molecule has 0 fully saturated rings. The van der Waals surface area contributed by atoms with Gasteiger partial charge in [-0.3, -0.25) is 0 Å². The summed E-state index contributed by atoms with van der Waals surface area (Å²) < 4.78 is 23.3. The van der Waals surface area contributed by atoms with Crippen LogP contribution >= 0.6 is 0 Å². The summed E-state index contributed by atoms with van der Waals surface area (Å²) >= 11 is 0. The van der Waals surface area contributed by atoms with Gasteiger partial charge in [0, 0.05) is 12.6 Å². The van der Waals surface area contributed by atoms with Crippen molar-refractivity contribution >= 4 is 9.84 Å². The molecular weight excluding hydrogens is 214 g/mol. The molecule has 0 aliphatic rings. The lowest BCUT2D eigenvalue weighted by atomic mass is 10.2. The van der Waals surface area contributed by atoms with Gasteiger partial charge in [-0.05, 0) is 19.9 Å². The van der Waals surface area contributed by atoms with E-state index in [0.717, 1.165) is 19.3 Å². The minimum Gasteiger partial charge on any atom is -0.396 e. The first-order valence-corrected chi connectivity index (χ1v) is 7.36. The first kappa shape index (κ1) is 14.9. The smallest absolute Gasteiger partial charge is 0.151 e. The molecule has 0 aromatic rings. The van der Waals surface area contributed by atoms with Crippen molar-refractivity contribution in [1.82, 2.24) is 5.32 Å². The predicted octanol–water partition coefficient (Wildman–Crippen LogP) is 0.562. The third-order valence-electron chi connectivity index (χ3n) is 2.40. The van der Waals surface area contributed by atoms with Crippen LogP contribution in [-0.4, -0.2) is 44.7 Å². The Bertz CT molecular complexity index is 239. The second-order valence-corrected chi connectivity index (χ2v) is 6.05. The number of hydrogen-bond donors (Lipinski definition) is 2. The molecular formula is C10H23NO3S. The van der Waals surface area contributed by atoms with Crippen molar-refractivity contribution in [2.45, 2.75) is 38.6 Å². The maximum atomic E-state index is 11.6. The van der Waals surface area contributed by atoms with E-state index in [2.05, 4.69) is 12.2 Å². The molecule has 0 aliphatic heterocycles. The van der Waals surface area contributed by atoms with Gasteiger partial charge in [0.05, 0.1) is 11.5 Å². The fourth-order valence-electron chi connectivity index (χ4n) is 1.43. The van der Waals surface area contributed by atoms with E-state index < -0.39 is 9.84 Å². The van der Waals surface area contributed by atoms with Gasteiger partial charge in [0.2, 0.25) is 0 Å². The molecule has 0 aromatic carbocycles. The van der Waals surface area contributed by atoms with Gasteiger partial charge in [0.15, 0.2) is 9.84 Å². The summed E-state index contributed by atoms with van der Waals surface area (Å²) in [6.45, 7) is 2.07. The van der Waals surface area contributed by atoms with Crippen molar-refractivity contribution in [1.29, 1.82) is 0 Å². The molecule has 0 saturated heterocycles. The summed E-state index contributed by atoms with van der Waals surface area (Å²) in [5.74, 6) is 0.401. The average molecular weight is 237 g/mol. The molecule has 1 unspecified atom stereocenters. The number of sulfone groups is 1. The van der Waals surface area contributed by atoms with E-state index in [0.29, 0.717) is 6.42 Å². The van der Waals surface area contributed by atoms with Gasteiger partial charge in [-0.2, -0.15) is 0 Å². The van der Waals surface area contributed by atoms with Crippen molar-refractivity contribution in [3.05, 3.63) is 0 Å². The molecule has 4 nitrogen and oxygen atoms in total. The van der Waals surface area contributed by atoms with E-state index >= 15 is 0 Å². The zero-order chi connectivity index (χ0) is 11.7. The molecule has 0 amide bonds. The highest BCUT2D eigenvalue weighted by Gasteiger charge is 2.16. The molecule has 1 atom stereocenters. The lowest BCUT2D eigenvalue weighted by Crippen LogP contribution is -2.34. The third kappa shape index (κ3) is 7.76. The Kier molecular flexibility index (Phi) is 8.00. The fraction of sp³-hybridized carbons (Fsp3) is 1.00. The summed E-state index contributed by atoms with van der Waals surface area (Å²) in [4.78, 5) is 0. The van der Waals surface area contributed by atoms with Crippen molar-refractivity contribution in [3.8, 4) is 0 Å². The zero-order valence-corrected chi connectivity index (χ0v) is 10.5. The second kappa shape index (κ2) is 8.07. The quantitative estimate of drug-likeness (QED) is 0.575. The van der Waals surface area contributed by atoms with Gasteiger partial charge >= 0.3 is 0 Å². The molecule has 0 saturated carbocycles. The highest BCUT2D eigenvalue weighted by Crippen LogP contribution is 2.03. The molecule has 0 bridgehead atoms. The Morgan fingerprint density at radius 2 is 2.00 bits per heavy atom. The largest absolute Gasteiger partial charge is 0.396 e. The Balaban J connectivity index is 3.99. The van der Waals surface area contributed by atoms with Crippen LogP contribution in [0.2, 0.25) is 0 Å². The van der Waals surface area contributed by atoms with E-state index in [1.54, 1.807) is 7.05 Å². The Hall–Kier alpha value is -0.130. The number of aliphatic hydroxyl groups excluding tert-OH is 1. The summed E-state index contributed by atoms with van der Waals surface area (Å²) in [6, 6.07) is -0.123. The van der Waals surface area contributed by atoms with Crippen LogP contribution in [0.4, 0.5) is 0 Å². The van der Waals surface area contributed by atoms with Gasteiger partial charge in [0.25, 0.3) is 0 Å². The fourth-order valence-corrected chi connectivity index (χ4v) is 3.19. The monoisotopic (exact) mass is 237 g/mol. The standard InChI is InChI=1S/C10H23NO3S/c1-3-4-5-8-15(13,14)9-10(11-2)6-7-12/h10-12H,3-9H2,1-2H3. The predicted molar refractivity (Wildman–Crippen MR) is 62.7 cm³/mol. The van der Waals surface area contributed by atoms with Crippen LogP contribution in [0, 0.1) is 0 Å².